The van der Waals surface area contributed by atoms with Crippen molar-refractivity contribution in [3.63, 3.8) is 0 Å². The van der Waals surface area contributed by atoms with Crippen LogP contribution in [0.4, 0.5) is 16.3 Å². The number of urea groups is 1. The van der Waals surface area contributed by atoms with E-state index in [0.717, 1.165) is 45.0 Å². The molecule has 1 N–H and O–H groups in total. The first-order chi connectivity index (χ1) is 16.4. The van der Waals surface area contributed by atoms with E-state index in [4.69, 9.17) is 5.10 Å². The molecule has 5 rings (SSSR count). The number of fused-ring (bicyclic) bond motifs is 1. The van der Waals surface area contributed by atoms with E-state index in [2.05, 4.69) is 58.5 Å². The zero-order valence-electron chi connectivity index (χ0n) is 20.0. The van der Waals surface area contributed by atoms with Crippen molar-refractivity contribution >= 4 is 28.4 Å². The Kier molecular flexibility index (Phi) is 5.65. The van der Waals surface area contributed by atoms with E-state index < -0.39 is 0 Å². The monoisotopic (exact) mass is 455 g/mol. The summed E-state index contributed by atoms with van der Waals surface area (Å²) in [5, 5.41) is 17.9. The number of nitrogens with zero attached hydrogens (tertiary/aromatic N) is 6. The molecule has 1 aliphatic heterocycles. The molecule has 34 heavy (non-hydrogen) atoms. The van der Waals surface area contributed by atoms with Gasteiger partial charge in [0, 0.05) is 31.9 Å². The number of amides is 2. The van der Waals surface area contributed by atoms with E-state index in [0.29, 0.717) is 26.2 Å². The molecule has 0 unspecified atom stereocenters. The highest BCUT2D eigenvalue weighted by Gasteiger charge is 2.26. The van der Waals surface area contributed by atoms with Crippen LogP contribution in [0.5, 0.6) is 0 Å². The van der Waals surface area contributed by atoms with Gasteiger partial charge in [0.05, 0.1) is 22.5 Å². The summed E-state index contributed by atoms with van der Waals surface area (Å²) in [6.07, 6.45) is 0. The van der Waals surface area contributed by atoms with Gasteiger partial charge >= 0.3 is 6.03 Å². The first kappa shape index (κ1) is 21.9. The summed E-state index contributed by atoms with van der Waals surface area (Å²) >= 11 is 0. The number of benzene rings is 2. The predicted molar refractivity (Wildman–Crippen MR) is 135 cm³/mol. The molecule has 174 valence electrons. The van der Waals surface area contributed by atoms with E-state index in [-0.39, 0.29) is 6.03 Å². The van der Waals surface area contributed by atoms with Gasteiger partial charge in [-0.15, -0.1) is 5.10 Å². The predicted octanol–water partition coefficient (Wildman–Crippen LogP) is 4.40. The molecule has 0 aliphatic carbocycles. The normalized spacial score (nSPS) is 14.0. The second-order valence-electron chi connectivity index (χ2n) is 8.94. The fraction of sp³-hybridized carbons (Fsp3) is 0.308. The van der Waals surface area contributed by atoms with E-state index in [1.165, 1.54) is 5.56 Å². The maximum atomic E-state index is 12.8. The lowest BCUT2D eigenvalue weighted by Gasteiger charge is -2.35. The SMILES string of the molecule is Cc1ccc(-n2nc3c(N4CCN(C(=O)Nc5cccc(C)c5)CC4)nnc(C)c3c2C)cc1. The van der Waals surface area contributed by atoms with Gasteiger partial charge in [-0.05, 0) is 57.5 Å². The highest BCUT2D eigenvalue weighted by atomic mass is 16.2. The summed E-state index contributed by atoms with van der Waals surface area (Å²) in [5.41, 5.74) is 6.92. The van der Waals surface area contributed by atoms with Gasteiger partial charge in [-0.1, -0.05) is 29.8 Å². The van der Waals surface area contributed by atoms with Gasteiger partial charge in [0.1, 0.15) is 5.52 Å². The highest BCUT2D eigenvalue weighted by Crippen LogP contribution is 2.30. The van der Waals surface area contributed by atoms with Crippen molar-refractivity contribution in [2.75, 3.05) is 36.4 Å². The minimum Gasteiger partial charge on any atom is -0.350 e. The van der Waals surface area contributed by atoms with Crippen molar-refractivity contribution < 1.29 is 4.79 Å². The van der Waals surface area contributed by atoms with Crippen LogP contribution in [0.15, 0.2) is 48.5 Å². The number of piperazine rings is 1. The number of nitrogens with one attached hydrogen (secondary N) is 1. The number of anilines is 2. The zero-order valence-corrected chi connectivity index (χ0v) is 20.0. The Hall–Kier alpha value is -3.94. The van der Waals surface area contributed by atoms with Crippen LogP contribution in [-0.4, -0.2) is 57.1 Å². The van der Waals surface area contributed by atoms with Crippen molar-refractivity contribution in [3.8, 4) is 5.69 Å². The average Bonchev–Trinajstić information content (AvgIpc) is 3.18. The molecule has 0 atom stereocenters. The largest absolute Gasteiger partial charge is 0.350 e. The van der Waals surface area contributed by atoms with Crippen molar-refractivity contribution in [2.24, 2.45) is 0 Å². The standard InChI is InChI=1S/C26H29N7O/c1-17-8-10-22(11-9-17)33-20(4)23-19(3)28-29-25(24(23)30-33)31-12-14-32(15-13-31)26(34)27-21-7-5-6-18(2)16-21/h5-11,16H,12-15H2,1-4H3,(H,27,34). The van der Waals surface area contributed by atoms with Crippen LogP contribution < -0.4 is 10.2 Å². The smallest absolute Gasteiger partial charge is 0.321 e. The van der Waals surface area contributed by atoms with Crippen molar-refractivity contribution in [1.82, 2.24) is 24.9 Å². The van der Waals surface area contributed by atoms with Gasteiger partial charge in [-0.2, -0.15) is 10.2 Å². The summed E-state index contributed by atoms with van der Waals surface area (Å²) < 4.78 is 1.97. The van der Waals surface area contributed by atoms with E-state index in [1.54, 1.807) is 0 Å². The second-order valence-corrected chi connectivity index (χ2v) is 8.94. The van der Waals surface area contributed by atoms with Crippen LogP contribution in [-0.2, 0) is 0 Å². The van der Waals surface area contributed by atoms with Crippen LogP contribution in [0.3, 0.4) is 0 Å². The first-order valence-electron chi connectivity index (χ1n) is 11.6. The molecule has 1 saturated heterocycles. The molecule has 2 amide bonds. The van der Waals surface area contributed by atoms with Crippen LogP contribution in [0.2, 0.25) is 0 Å². The maximum Gasteiger partial charge on any atom is 0.321 e. The lowest BCUT2D eigenvalue weighted by Crippen LogP contribution is -2.50. The Balaban J connectivity index is 1.37. The minimum atomic E-state index is -0.0788. The van der Waals surface area contributed by atoms with E-state index >= 15 is 0 Å². The highest BCUT2D eigenvalue weighted by molar-refractivity contribution is 5.93. The fourth-order valence-electron chi connectivity index (χ4n) is 4.51. The molecule has 4 aromatic rings. The van der Waals surface area contributed by atoms with Crippen molar-refractivity contribution in [1.29, 1.82) is 0 Å². The molecule has 0 saturated carbocycles. The Bertz CT molecular complexity index is 1350. The van der Waals surface area contributed by atoms with Crippen LogP contribution in [0, 0.1) is 27.7 Å². The molecule has 8 heteroatoms. The quantitative estimate of drug-likeness (QED) is 0.495. The van der Waals surface area contributed by atoms with Crippen molar-refractivity contribution in [3.05, 3.63) is 71.0 Å². The molecular weight excluding hydrogens is 426 g/mol. The summed E-state index contributed by atoms with van der Waals surface area (Å²) in [7, 11) is 0. The fourth-order valence-corrected chi connectivity index (χ4v) is 4.51. The Labute approximate surface area is 199 Å². The second kappa shape index (κ2) is 8.78. The molecule has 0 spiro atoms. The lowest BCUT2D eigenvalue weighted by molar-refractivity contribution is 0.208. The first-order valence-corrected chi connectivity index (χ1v) is 11.6. The molecule has 2 aromatic heterocycles. The number of aryl methyl sites for hydroxylation is 4. The Morgan fingerprint density at radius 2 is 1.62 bits per heavy atom. The number of aromatic nitrogens is 4. The molecule has 2 aromatic carbocycles. The number of hydrogen-bond donors (Lipinski definition) is 1. The van der Waals surface area contributed by atoms with Crippen LogP contribution in [0.1, 0.15) is 22.5 Å². The maximum absolute atomic E-state index is 12.8. The molecule has 8 nitrogen and oxygen atoms in total. The van der Waals surface area contributed by atoms with Gasteiger partial charge in [0.25, 0.3) is 0 Å². The summed E-state index contributed by atoms with van der Waals surface area (Å²) in [6.45, 7) is 10.7. The molecule has 3 heterocycles. The summed E-state index contributed by atoms with van der Waals surface area (Å²) in [4.78, 5) is 16.8. The molecule has 0 radical (unpaired) electrons. The van der Waals surface area contributed by atoms with Gasteiger partial charge in [0.2, 0.25) is 0 Å². The number of rotatable bonds is 3. The number of carbonyl (C=O) groups excluding carboxylic acids is 1. The van der Waals surface area contributed by atoms with E-state index in [1.807, 2.05) is 47.7 Å². The molecular formula is C26H29N7O. The third-order valence-electron chi connectivity index (χ3n) is 6.40. The van der Waals surface area contributed by atoms with E-state index in [9.17, 15) is 4.79 Å². The van der Waals surface area contributed by atoms with Gasteiger partial charge in [-0.3, -0.25) is 0 Å². The van der Waals surface area contributed by atoms with Gasteiger partial charge < -0.3 is 15.1 Å². The summed E-state index contributed by atoms with van der Waals surface area (Å²) in [6, 6.07) is 16.1. The Morgan fingerprint density at radius 1 is 0.882 bits per heavy atom. The molecule has 1 fully saturated rings. The lowest BCUT2D eigenvalue weighted by atomic mass is 10.2. The molecule has 1 aliphatic rings. The topological polar surface area (TPSA) is 79.2 Å². The third kappa shape index (κ3) is 4.07. The number of hydrogen-bond acceptors (Lipinski definition) is 5. The van der Waals surface area contributed by atoms with Crippen LogP contribution >= 0.6 is 0 Å². The zero-order chi connectivity index (χ0) is 23.8. The Morgan fingerprint density at radius 3 is 2.32 bits per heavy atom. The summed E-state index contributed by atoms with van der Waals surface area (Å²) in [5.74, 6) is 0.772. The third-order valence-corrected chi connectivity index (χ3v) is 6.40. The average molecular weight is 456 g/mol. The van der Waals surface area contributed by atoms with Crippen molar-refractivity contribution in [2.45, 2.75) is 27.7 Å². The van der Waals surface area contributed by atoms with Crippen LogP contribution in [0.25, 0.3) is 16.6 Å². The van der Waals surface area contributed by atoms with Gasteiger partial charge in [0.15, 0.2) is 5.82 Å². The molecule has 0 bridgehead atoms. The number of carbonyl (C=O) groups is 1. The minimum absolute atomic E-state index is 0.0788. The van der Waals surface area contributed by atoms with Gasteiger partial charge in [-0.25, -0.2) is 9.48 Å².